The van der Waals surface area contributed by atoms with Crippen molar-refractivity contribution in [1.82, 2.24) is 24.6 Å². The predicted molar refractivity (Wildman–Crippen MR) is 123 cm³/mol. The molecule has 1 aliphatic rings. The number of thiophene rings is 1. The van der Waals surface area contributed by atoms with Crippen molar-refractivity contribution in [3.63, 3.8) is 0 Å². The molecule has 4 rings (SSSR count). The molecule has 160 valence electrons. The lowest BCUT2D eigenvalue weighted by atomic mass is 10.1. The highest BCUT2D eigenvalue weighted by Gasteiger charge is 2.27. The monoisotopic (exact) mass is 452 g/mol. The quantitative estimate of drug-likeness (QED) is 0.595. The Labute approximate surface area is 190 Å². The normalized spacial score (nSPS) is 15.9. The largest absolute Gasteiger partial charge is 0.340 e. The number of nitriles is 1. The van der Waals surface area contributed by atoms with Crippen molar-refractivity contribution in [1.29, 1.82) is 5.26 Å². The van der Waals surface area contributed by atoms with Crippen LogP contribution in [0.4, 0.5) is 0 Å². The number of aromatic amines is 1. The lowest BCUT2D eigenvalue weighted by Gasteiger charge is -2.25. The van der Waals surface area contributed by atoms with E-state index in [1.54, 1.807) is 11.3 Å². The second-order valence-electron chi connectivity index (χ2n) is 7.64. The van der Waals surface area contributed by atoms with Gasteiger partial charge in [0.2, 0.25) is 5.91 Å². The zero-order chi connectivity index (χ0) is 21.8. The van der Waals surface area contributed by atoms with E-state index >= 15 is 0 Å². The van der Waals surface area contributed by atoms with Crippen molar-refractivity contribution in [2.24, 2.45) is 0 Å². The molecule has 1 saturated heterocycles. The predicted octanol–water partition coefficient (Wildman–Crippen LogP) is 3.84. The van der Waals surface area contributed by atoms with Gasteiger partial charge in [0.15, 0.2) is 10.6 Å². The molecule has 1 N–H and O–H groups in total. The average molecular weight is 453 g/mol. The fraction of sp³-hybridized carbons (Fsp3) is 0.364. The van der Waals surface area contributed by atoms with Gasteiger partial charge in [-0.15, -0.1) is 11.3 Å². The van der Waals surface area contributed by atoms with Crippen LogP contribution >= 0.6 is 23.6 Å². The minimum absolute atomic E-state index is 0.0653. The van der Waals surface area contributed by atoms with E-state index in [4.69, 9.17) is 17.5 Å². The maximum absolute atomic E-state index is 13.3. The van der Waals surface area contributed by atoms with E-state index in [1.165, 1.54) is 5.56 Å². The Kier molecular flexibility index (Phi) is 6.61. The standard InChI is InChI=1S/C22H24N6OS2/c1-16(28-20(24-25-22(28)30)19-4-2-13-31-19)21(29)27-10-3-9-26(11-12-27)15-18-7-5-17(14-23)6-8-18/h2,4-8,13,16H,3,9-12,15H2,1H3,(H,25,30). The summed E-state index contributed by atoms with van der Waals surface area (Å²) in [5, 5.41) is 18.1. The summed E-state index contributed by atoms with van der Waals surface area (Å²) in [6.07, 6.45) is 0.920. The third-order valence-electron chi connectivity index (χ3n) is 5.58. The van der Waals surface area contributed by atoms with Gasteiger partial charge in [0.1, 0.15) is 6.04 Å². The van der Waals surface area contributed by atoms with Crippen molar-refractivity contribution >= 4 is 29.5 Å². The molecule has 9 heteroatoms. The van der Waals surface area contributed by atoms with Crippen molar-refractivity contribution in [2.45, 2.75) is 25.9 Å². The Morgan fingerprint density at radius 3 is 2.77 bits per heavy atom. The molecule has 2 aromatic heterocycles. The molecule has 1 aliphatic heterocycles. The molecule has 7 nitrogen and oxygen atoms in total. The Bertz CT molecular complexity index is 1130. The fourth-order valence-corrected chi connectivity index (χ4v) is 4.91. The smallest absolute Gasteiger partial charge is 0.245 e. The average Bonchev–Trinajstić information content (AvgIpc) is 3.39. The molecule has 0 saturated carbocycles. The van der Waals surface area contributed by atoms with Crippen LogP contribution in [0.2, 0.25) is 0 Å². The van der Waals surface area contributed by atoms with Crippen LogP contribution < -0.4 is 0 Å². The Hall–Kier alpha value is -2.80. The molecule has 1 atom stereocenters. The van der Waals surface area contributed by atoms with Gasteiger partial charge in [0.25, 0.3) is 0 Å². The second kappa shape index (κ2) is 9.56. The van der Waals surface area contributed by atoms with Crippen molar-refractivity contribution in [3.8, 4) is 16.8 Å². The maximum Gasteiger partial charge on any atom is 0.245 e. The molecule has 0 spiro atoms. The zero-order valence-electron chi connectivity index (χ0n) is 17.3. The van der Waals surface area contributed by atoms with E-state index in [2.05, 4.69) is 21.2 Å². The van der Waals surface area contributed by atoms with Crippen LogP contribution in [-0.4, -0.2) is 56.7 Å². The molecule has 1 unspecified atom stereocenters. The first-order chi connectivity index (χ1) is 15.1. The van der Waals surface area contributed by atoms with E-state index in [0.717, 1.165) is 37.5 Å². The number of rotatable bonds is 5. The summed E-state index contributed by atoms with van der Waals surface area (Å²) in [6, 6.07) is 13.4. The third-order valence-corrected chi connectivity index (χ3v) is 6.73. The van der Waals surface area contributed by atoms with Gasteiger partial charge in [-0.25, -0.2) is 0 Å². The van der Waals surface area contributed by atoms with Crippen LogP contribution in [0.3, 0.4) is 0 Å². The highest BCUT2D eigenvalue weighted by molar-refractivity contribution is 7.71. The molecule has 0 bridgehead atoms. The highest BCUT2D eigenvalue weighted by Crippen LogP contribution is 2.26. The van der Waals surface area contributed by atoms with Gasteiger partial charge in [0, 0.05) is 32.7 Å². The minimum atomic E-state index is -0.423. The number of nitrogens with zero attached hydrogens (tertiary/aromatic N) is 5. The van der Waals surface area contributed by atoms with Crippen LogP contribution in [0, 0.1) is 16.1 Å². The van der Waals surface area contributed by atoms with Gasteiger partial charge in [-0.1, -0.05) is 18.2 Å². The van der Waals surface area contributed by atoms with Gasteiger partial charge >= 0.3 is 0 Å². The van der Waals surface area contributed by atoms with Crippen molar-refractivity contribution in [2.75, 3.05) is 26.2 Å². The van der Waals surface area contributed by atoms with Crippen molar-refractivity contribution < 1.29 is 4.79 Å². The number of benzene rings is 1. The van der Waals surface area contributed by atoms with Crippen LogP contribution in [0.1, 0.15) is 30.5 Å². The molecular weight excluding hydrogens is 428 g/mol. The summed E-state index contributed by atoms with van der Waals surface area (Å²) >= 11 is 7.01. The molecule has 1 amide bonds. The van der Waals surface area contributed by atoms with E-state index in [-0.39, 0.29) is 5.91 Å². The zero-order valence-corrected chi connectivity index (χ0v) is 19.0. The van der Waals surface area contributed by atoms with Crippen LogP contribution in [-0.2, 0) is 11.3 Å². The van der Waals surface area contributed by atoms with Gasteiger partial charge < -0.3 is 4.90 Å². The third kappa shape index (κ3) is 4.77. The minimum Gasteiger partial charge on any atom is -0.340 e. The summed E-state index contributed by atoms with van der Waals surface area (Å²) in [5.74, 6) is 0.772. The van der Waals surface area contributed by atoms with Gasteiger partial charge in [0.05, 0.1) is 16.5 Å². The number of carbonyl (C=O) groups is 1. The number of H-pyrrole nitrogens is 1. The molecule has 3 aromatic rings. The number of carbonyl (C=O) groups excluding carboxylic acids is 1. The lowest BCUT2D eigenvalue weighted by Crippen LogP contribution is -2.39. The summed E-state index contributed by atoms with van der Waals surface area (Å²) in [7, 11) is 0. The summed E-state index contributed by atoms with van der Waals surface area (Å²) in [5.41, 5.74) is 1.85. The van der Waals surface area contributed by atoms with Crippen LogP contribution in [0.25, 0.3) is 10.7 Å². The van der Waals surface area contributed by atoms with E-state index < -0.39 is 6.04 Å². The Morgan fingerprint density at radius 2 is 2.06 bits per heavy atom. The number of amides is 1. The molecule has 1 fully saturated rings. The molecule has 3 heterocycles. The summed E-state index contributed by atoms with van der Waals surface area (Å²) < 4.78 is 2.28. The van der Waals surface area contributed by atoms with Crippen LogP contribution in [0.5, 0.6) is 0 Å². The number of nitrogens with one attached hydrogen (secondary N) is 1. The van der Waals surface area contributed by atoms with Gasteiger partial charge in [-0.05, 0) is 54.7 Å². The first-order valence-electron chi connectivity index (χ1n) is 10.3. The first kappa shape index (κ1) is 21.4. The van der Waals surface area contributed by atoms with Gasteiger partial charge in [-0.3, -0.25) is 19.4 Å². The second-order valence-corrected chi connectivity index (χ2v) is 8.97. The number of hydrogen-bond acceptors (Lipinski definition) is 6. The molecule has 1 aromatic carbocycles. The van der Waals surface area contributed by atoms with Crippen molar-refractivity contribution in [3.05, 3.63) is 57.7 Å². The number of hydrogen-bond donors (Lipinski definition) is 1. The molecular formula is C22H24N6OS2. The van der Waals surface area contributed by atoms with E-state index in [0.29, 0.717) is 22.7 Å². The van der Waals surface area contributed by atoms with Crippen LogP contribution in [0.15, 0.2) is 41.8 Å². The molecule has 0 radical (unpaired) electrons. The Balaban J connectivity index is 1.42. The molecule has 0 aliphatic carbocycles. The highest BCUT2D eigenvalue weighted by atomic mass is 32.1. The SMILES string of the molecule is CC(C(=O)N1CCCN(Cc2ccc(C#N)cc2)CC1)n1c(-c2cccs2)n[nH]c1=S. The summed E-state index contributed by atoms with van der Waals surface area (Å²) in [4.78, 5) is 18.6. The van der Waals surface area contributed by atoms with E-state index in [1.807, 2.05) is 58.2 Å². The molecule has 31 heavy (non-hydrogen) atoms. The topological polar surface area (TPSA) is 80.9 Å². The summed E-state index contributed by atoms with van der Waals surface area (Å²) in [6.45, 7) is 5.87. The maximum atomic E-state index is 13.3. The first-order valence-corrected chi connectivity index (χ1v) is 11.6. The van der Waals surface area contributed by atoms with E-state index in [9.17, 15) is 4.79 Å². The lowest BCUT2D eigenvalue weighted by molar-refractivity contribution is -0.134. The van der Waals surface area contributed by atoms with Gasteiger partial charge in [-0.2, -0.15) is 10.4 Å². The Morgan fingerprint density at radius 1 is 1.26 bits per heavy atom. The number of aromatic nitrogens is 3. The fourth-order valence-electron chi connectivity index (χ4n) is 3.91.